The summed E-state index contributed by atoms with van der Waals surface area (Å²) in [5.41, 5.74) is 7.88. The van der Waals surface area contributed by atoms with Gasteiger partial charge >= 0.3 is 0 Å². The Labute approximate surface area is 160 Å². The maximum Gasteiger partial charge on any atom is 0.249 e. The molecular formula is C18H19Cl2N5O. The topological polar surface area (TPSA) is 96.7 Å². The average molecular weight is 392 g/mol. The summed E-state index contributed by atoms with van der Waals surface area (Å²) in [7, 11) is 0. The number of aromatic amines is 1. The second kappa shape index (κ2) is 7.51. The lowest BCUT2D eigenvalue weighted by molar-refractivity contribution is 0.628. The van der Waals surface area contributed by atoms with Gasteiger partial charge in [-0.15, -0.1) is 0 Å². The van der Waals surface area contributed by atoms with Crippen LogP contribution in [-0.2, 0) is 0 Å². The predicted octanol–water partition coefficient (Wildman–Crippen LogP) is 4.85. The largest absolute Gasteiger partial charge is 0.396 e. The zero-order chi connectivity index (χ0) is 18.8. The molecule has 1 aromatic carbocycles. The van der Waals surface area contributed by atoms with Gasteiger partial charge in [0.05, 0.1) is 21.4 Å². The molecule has 0 spiro atoms. The first-order chi connectivity index (χ1) is 12.4. The molecule has 2 aromatic heterocycles. The number of pyridine rings is 1. The van der Waals surface area contributed by atoms with Gasteiger partial charge in [-0.1, -0.05) is 37.0 Å². The molecule has 0 saturated carbocycles. The van der Waals surface area contributed by atoms with Crippen LogP contribution in [0.25, 0.3) is 11.0 Å². The summed E-state index contributed by atoms with van der Waals surface area (Å²) in [5.74, 6) is 0.615. The molecule has 0 saturated heterocycles. The number of nitrogen functional groups attached to an aromatic ring is 1. The third kappa shape index (κ3) is 3.61. The summed E-state index contributed by atoms with van der Waals surface area (Å²) in [6, 6.07) is 6.56. The number of aromatic nitrogens is 3. The molecule has 0 aliphatic carbocycles. The minimum atomic E-state index is -0.212. The lowest BCUT2D eigenvalue weighted by Gasteiger charge is -2.16. The van der Waals surface area contributed by atoms with E-state index in [1.807, 2.05) is 0 Å². The number of benzene rings is 1. The van der Waals surface area contributed by atoms with Crippen molar-refractivity contribution in [2.45, 2.75) is 32.6 Å². The third-order valence-corrected chi connectivity index (χ3v) is 4.95. The highest BCUT2D eigenvalue weighted by Crippen LogP contribution is 2.33. The zero-order valence-corrected chi connectivity index (χ0v) is 15.9. The standard InChI is InChI=1S/C18H19Cl2N5O/c1-3-9(4-2)16-11-5-6-14(26)23-17(11)25-18(24-16)22-10-7-12(19)15(21)13(20)8-10/h5-9H,3-4,21H2,1-2H3,(H2,22,23,24,25,26). The van der Waals surface area contributed by atoms with Crippen LogP contribution in [0.3, 0.4) is 0 Å². The minimum Gasteiger partial charge on any atom is -0.396 e. The Hall–Kier alpha value is -2.31. The molecule has 2 heterocycles. The Morgan fingerprint density at radius 3 is 2.42 bits per heavy atom. The Bertz CT molecular complexity index is 991. The summed E-state index contributed by atoms with van der Waals surface area (Å²) in [6.07, 6.45) is 1.86. The van der Waals surface area contributed by atoms with E-state index in [9.17, 15) is 4.79 Å². The van der Waals surface area contributed by atoms with E-state index in [2.05, 4.69) is 34.1 Å². The summed E-state index contributed by atoms with van der Waals surface area (Å²) in [5, 5.41) is 4.63. The fourth-order valence-corrected chi connectivity index (χ4v) is 3.38. The maximum absolute atomic E-state index is 11.7. The van der Waals surface area contributed by atoms with E-state index in [1.165, 1.54) is 6.07 Å². The quantitative estimate of drug-likeness (QED) is 0.539. The first-order valence-corrected chi connectivity index (χ1v) is 9.11. The Morgan fingerprint density at radius 2 is 1.81 bits per heavy atom. The van der Waals surface area contributed by atoms with Crippen LogP contribution in [0, 0.1) is 0 Å². The Morgan fingerprint density at radius 1 is 1.15 bits per heavy atom. The Kier molecular flexibility index (Phi) is 5.34. The van der Waals surface area contributed by atoms with Gasteiger partial charge in [0.25, 0.3) is 0 Å². The lowest BCUT2D eigenvalue weighted by Crippen LogP contribution is -2.10. The van der Waals surface area contributed by atoms with Gasteiger partial charge in [0.15, 0.2) is 0 Å². The monoisotopic (exact) mass is 391 g/mol. The van der Waals surface area contributed by atoms with Gasteiger partial charge < -0.3 is 16.0 Å². The number of halogens is 2. The number of anilines is 3. The number of nitrogens with zero attached hydrogens (tertiary/aromatic N) is 2. The molecule has 0 amide bonds. The van der Waals surface area contributed by atoms with Crippen LogP contribution in [0.1, 0.15) is 38.3 Å². The van der Waals surface area contributed by atoms with Crippen LogP contribution < -0.4 is 16.6 Å². The van der Waals surface area contributed by atoms with Crippen molar-refractivity contribution in [2.24, 2.45) is 0 Å². The lowest BCUT2D eigenvalue weighted by atomic mass is 9.96. The van der Waals surface area contributed by atoms with E-state index < -0.39 is 0 Å². The number of hydrogen-bond donors (Lipinski definition) is 3. The van der Waals surface area contributed by atoms with Crippen molar-refractivity contribution >= 4 is 51.6 Å². The summed E-state index contributed by atoms with van der Waals surface area (Å²) < 4.78 is 0. The minimum absolute atomic E-state index is 0.212. The van der Waals surface area contributed by atoms with Crippen molar-refractivity contribution in [2.75, 3.05) is 11.1 Å². The van der Waals surface area contributed by atoms with Crippen LogP contribution in [0.15, 0.2) is 29.1 Å². The molecule has 26 heavy (non-hydrogen) atoms. The molecule has 8 heteroatoms. The van der Waals surface area contributed by atoms with Gasteiger partial charge in [0, 0.05) is 23.1 Å². The van der Waals surface area contributed by atoms with E-state index in [1.54, 1.807) is 18.2 Å². The number of fused-ring (bicyclic) bond motifs is 1. The van der Waals surface area contributed by atoms with Gasteiger partial charge in [-0.05, 0) is 31.0 Å². The highest BCUT2D eigenvalue weighted by atomic mass is 35.5. The van der Waals surface area contributed by atoms with Crippen LogP contribution in [0.5, 0.6) is 0 Å². The summed E-state index contributed by atoms with van der Waals surface area (Å²) in [4.78, 5) is 23.6. The van der Waals surface area contributed by atoms with Crippen molar-refractivity contribution < 1.29 is 0 Å². The van der Waals surface area contributed by atoms with Crippen molar-refractivity contribution in [1.29, 1.82) is 0 Å². The van der Waals surface area contributed by atoms with Crippen LogP contribution >= 0.6 is 23.2 Å². The number of rotatable bonds is 5. The van der Waals surface area contributed by atoms with E-state index in [0.717, 1.165) is 23.9 Å². The normalized spacial score (nSPS) is 11.3. The predicted molar refractivity (Wildman–Crippen MR) is 108 cm³/mol. The first kappa shape index (κ1) is 18.5. The summed E-state index contributed by atoms with van der Waals surface area (Å²) in [6.45, 7) is 4.22. The first-order valence-electron chi connectivity index (χ1n) is 8.35. The molecule has 0 unspecified atom stereocenters. The molecular weight excluding hydrogens is 373 g/mol. The molecule has 0 aliphatic rings. The molecule has 0 bridgehead atoms. The molecule has 0 aliphatic heterocycles. The van der Waals surface area contributed by atoms with E-state index in [0.29, 0.717) is 33.0 Å². The molecule has 136 valence electrons. The molecule has 6 nitrogen and oxygen atoms in total. The van der Waals surface area contributed by atoms with Crippen LogP contribution in [-0.4, -0.2) is 15.0 Å². The molecule has 4 N–H and O–H groups in total. The smallest absolute Gasteiger partial charge is 0.249 e. The van der Waals surface area contributed by atoms with Crippen molar-refractivity contribution in [3.8, 4) is 0 Å². The van der Waals surface area contributed by atoms with Crippen LogP contribution in [0.4, 0.5) is 17.3 Å². The molecule has 0 radical (unpaired) electrons. The average Bonchev–Trinajstić information content (AvgIpc) is 2.60. The number of H-pyrrole nitrogens is 1. The molecule has 0 fully saturated rings. The van der Waals surface area contributed by atoms with E-state index in [-0.39, 0.29) is 11.5 Å². The van der Waals surface area contributed by atoms with Gasteiger partial charge in [-0.25, -0.2) is 4.98 Å². The van der Waals surface area contributed by atoms with Crippen LogP contribution in [0.2, 0.25) is 10.0 Å². The van der Waals surface area contributed by atoms with Crippen molar-refractivity contribution in [3.63, 3.8) is 0 Å². The highest BCUT2D eigenvalue weighted by molar-refractivity contribution is 6.39. The second-order valence-electron chi connectivity index (χ2n) is 6.01. The SMILES string of the molecule is CCC(CC)c1nc(Nc2cc(Cl)c(N)c(Cl)c2)nc2[nH]c(=O)ccc12. The van der Waals surface area contributed by atoms with Gasteiger partial charge in [0.2, 0.25) is 11.5 Å². The zero-order valence-electron chi connectivity index (χ0n) is 14.4. The number of nitrogens with two attached hydrogens (primary N) is 1. The van der Waals surface area contributed by atoms with E-state index in [4.69, 9.17) is 28.9 Å². The van der Waals surface area contributed by atoms with Gasteiger partial charge in [0.1, 0.15) is 5.65 Å². The fraction of sp³-hybridized carbons (Fsp3) is 0.278. The second-order valence-corrected chi connectivity index (χ2v) is 6.82. The van der Waals surface area contributed by atoms with E-state index >= 15 is 0 Å². The van der Waals surface area contributed by atoms with Gasteiger partial charge in [-0.3, -0.25) is 4.79 Å². The fourth-order valence-electron chi connectivity index (χ4n) is 2.89. The Balaban J connectivity index is 2.12. The third-order valence-electron chi connectivity index (χ3n) is 4.33. The molecule has 0 atom stereocenters. The maximum atomic E-state index is 11.7. The molecule has 3 rings (SSSR count). The highest BCUT2D eigenvalue weighted by Gasteiger charge is 2.16. The van der Waals surface area contributed by atoms with Crippen molar-refractivity contribution in [3.05, 3.63) is 50.4 Å². The number of hydrogen-bond acceptors (Lipinski definition) is 5. The van der Waals surface area contributed by atoms with Gasteiger partial charge in [-0.2, -0.15) is 4.98 Å². The van der Waals surface area contributed by atoms with Crippen molar-refractivity contribution in [1.82, 2.24) is 15.0 Å². The summed E-state index contributed by atoms with van der Waals surface area (Å²) >= 11 is 12.2. The number of nitrogens with one attached hydrogen (secondary N) is 2. The molecule has 3 aromatic rings.